The molecule has 0 unspecified atom stereocenters. The molecule has 0 bridgehead atoms. The van der Waals surface area contributed by atoms with E-state index in [4.69, 9.17) is 4.42 Å². The minimum atomic E-state index is 0.854. The largest absolute Gasteiger partial charge is 0.465 e. The molecular weight excluding hydrogens is 194 g/mol. The summed E-state index contributed by atoms with van der Waals surface area (Å²) in [6, 6.07) is 4.04. The van der Waals surface area contributed by atoms with E-state index in [1.54, 1.807) is 0 Å². The summed E-state index contributed by atoms with van der Waals surface area (Å²) in [6.45, 7) is 3.91. The van der Waals surface area contributed by atoms with Crippen LogP contribution in [-0.2, 0) is 6.54 Å². The van der Waals surface area contributed by atoms with Crippen LogP contribution in [0, 0.1) is 6.92 Å². The molecule has 0 fully saturated rings. The van der Waals surface area contributed by atoms with E-state index in [2.05, 4.69) is 11.6 Å². The monoisotopic (exact) mass is 213 g/mol. The van der Waals surface area contributed by atoms with Crippen molar-refractivity contribution in [2.24, 2.45) is 0 Å². The van der Waals surface area contributed by atoms with Crippen LogP contribution in [0.25, 0.3) is 0 Å². The predicted octanol–water partition coefficient (Wildman–Crippen LogP) is 2.82. The maximum absolute atomic E-state index is 5.44. The van der Waals surface area contributed by atoms with Gasteiger partial charge in [0.2, 0.25) is 0 Å². The van der Waals surface area contributed by atoms with Crippen LogP contribution in [0.4, 0.5) is 0 Å². The van der Waals surface area contributed by atoms with Gasteiger partial charge in [-0.15, -0.1) is 0 Å². The van der Waals surface area contributed by atoms with Crippen molar-refractivity contribution >= 4 is 11.8 Å². The average Bonchev–Trinajstić information content (AvgIpc) is 2.58. The average molecular weight is 213 g/mol. The number of unbranched alkanes of at least 4 members (excludes halogenated alkanes) is 1. The molecule has 1 aromatic heterocycles. The highest BCUT2D eigenvalue weighted by atomic mass is 32.2. The number of nitrogens with one attached hydrogen (secondary N) is 1. The molecular formula is C11H19NOS. The molecule has 0 saturated carbocycles. The van der Waals surface area contributed by atoms with Crippen molar-refractivity contribution in [2.75, 3.05) is 18.6 Å². The maximum atomic E-state index is 5.44. The van der Waals surface area contributed by atoms with Crippen molar-refractivity contribution in [3.63, 3.8) is 0 Å². The summed E-state index contributed by atoms with van der Waals surface area (Å²) in [6.07, 6.45) is 4.70. The molecule has 0 aliphatic rings. The van der Waals surface area contributed by atoms with Gasteiger partial charge in [-0.2, -0.15) is 11.8 Å². The third-order valence-corrected chi connectivity index (χ3v) is 2.74. The third kappa shape index (κ3) is 4.72. The molecule has 0 aliphatic carbocycles. The Morgan fingerprint density at radius 3 is 2.86 bits per heavy atom. The first-order valence-electron chi connectivity index (χ1n) is 5.08. The van der Waals surface area contributed by atoms with E-state index in [1.165, 1.54) is 18.6 Å². The van der Waals surface area contributed by atoms with Crippen molar-refractivity contribution in [1.29, 1.82) is 0 Å². The van der Waals surface area contributed by atoms with Crippen LogP contribution in [0.5, 0.6) is 0 Å². The number of furan rings is 1. The van der Waals surface area contributed by atoms with Gasteiger partial charge >= 0.3 is 0 Å². The van der Waals surface area contributed by atoms with E-state index in [0.717, 1.165) is 24.6 Å². The summed E-state index contributed by atoms with van der Waals surface area (Å²) in [5.74, 6) is 3.29. The minimum absolute atomic E-state index is 0.854. The van der Waals surface area contributed by atoms with Crippen molar-refractivity contribution in [3.05, 3.63) is 23.7 Å². The van der Waals surface area contributed by atoms with Gasteiger partial charge in [0.25, 0.3) is 0 Å². The zero-order chi connectivity index (χ0) is 10.2. The van der Waals surface area contributed by atoms with E-state index in [0.29, 0.717) is 0 Å². The smallest absolute Gasteiger partial charge is 0.117 e. The highest BCUT2D eigenvalue weighted by Crippen LogP contribution is 2.05. The lowest BCUT2D eigenvalue weighted by molar-refractivity contribution is 0.460. The highest BCUT2D eigenvalue weighted by molar-refractivity contribution is 7.98. The molecule has 3 heteroatoms. The van der Waals surface area contributed by atoms with Gasteiger partial charge in [-0.1, -0.05) is 0 Å². The van der Waals surface area contributed by atoms with Gasteiger partial charge in [-0.25, -0.2) is 0 Å². The number of hydrogen-bond acceptors (Lipinski definition) is 3. The lowest BCUT2D eigenvalue weighted by atomic mass is 10.3. The van der Waals surface area contributed by atoms with E-state index in [-0.39, 0.29) is 0 Å². The zero-order valence-corrected chi connectivity index (χ0v) is 9.82. The lowest BCUT2D eigenvalue weighted by Crippen LogP contribution is -2.14. The summed E-state index contributed by atoms with van der Waals surface area (Å²) < 4.78 is 5.44. The Morgan fingerprint density at radius 1 is 1.36 bits per heavy atom. The number of rotatable bonds is 7. The molecule has 0 aromatic carbocycles. The van der Waals surface area contributed by atoms with Gasteiger partial charge < -0.3 is 9.73 Å². The summed E-state index contributed by atoms with van der Waals surface area (Å²) >= 11 is 1.91. The Balaban J connectivity index is 1.99. The van der Waals surface area contributed by atoms with Crippen molar-refractivity contribution in [2.45, 2.75) is 26.3 Å². The summed E-state index contributed by atoms with van der Waals surface area (Å²) in [4.78, 5) is 0. The van der Waals surface area contributed by atoms with Crippen LogP contribution in [0.1, 0.15) is 24.4 Å². The summed E-state index contributed by atoms with van der Waals surface area (Å²) in [7, 11) is 0. The third-order valence-electron chi connectivity index (χ3n) is 2.05. The van der Waals surface area contributed by atoms with Crippen LogP contribution in [0.3, 0.4) is 0 Å². The van der Waals surface area contributed by atoms with E-state index in [1.807, 2.05) is 30.8 Å². The van der Waals surface area contributed by atoms with Crippen molar-refractivity contribution in [3.8, 4) is 0 Å². The van der Waals surface area contributed by atoms with Crippen LogP contribution >= 0.6 is 11.8 Å². The van der Waals surface area contributed by atoms with Gasteiger partial charge in [-0.05, 0) is 50.5 Å². The Labute approximate surface area is 90.5 Å². The Kier molecular flexibility index (Phi) is 5.80. The van der Waals surface area contributed by atoms with Gasteiger partial charge in [-0.3, -0.25) is 0 Å². The molecule has 0 radical (unpaired) electrons. The first-order valence-corrected chi connectivity index (χ1v) is 6.47. The second kappa shape index (κ2) is 6.96. The first-order chi connectivity index (χ1) is 6.83. The van der Waals surface area contributed by atoms with E-state index < -0.39 is 0 Å². The molecule has 2 nitrogen and oxygen atoms in total. The fourth-order valence-corrected chi connectivity index (χ4v) is 1.78. The van der Waals surface area contributed by atoms with Crippen LogP contribution in [-0.4, -0.2) is 18.6 Å². The molecule has 0 amide bonds. The quantitative estimate of drug-likeness (QED) is 0.705. The number of aryl methyl sites for hydroxylation is 1. The molecule has 1 rings (SSSR count). The number of hydrogen-bond donors (Lipinski definition) is 1. The first kappa shape index (κ1) is 11.7. The summed E-state index contributed by atoms with van der Waals surface area (Å²) in [5, 5.41) is 3.37. The van der Waals surface area contributed by atoms with Gasteiger partial charge in [0.05, 0.1) is 6.54 Å². The van der Waals surface area contributed by atoms with Gasteiger partial charge in [0.15, 0.2) is 0 Å². The molecule has 0 spiro atoms. The van der Waals surface area contributed by atoms with Gasteiger partial charge in [0.1, 0.15) is 11.5 Å². The molecule has 0 saturated heterocycles. The topological polar surface area (TPSA) is 25.2 Å². The zero-order valence-electron chi connectivity index (χ0n) is 9.01. The van der Waals surface area contributed by atoms with Crippen molar-refractivity contribution in [1.82, 2.24) is 5.32 Å². The van der Waals surface area contributed by atoms with Crippen LogP contribution in [0.2, 0.25) is 0 Å². The summed E-state index contributed by atoms with van der Waals surface area (Å²) in [5.41, 5.74) is 0. The van der Waals surface area contributed by atoms with E-state index in [9.17, 15) is 0 Å². The SMILES string of the molecule is CSCCCCNCc1ccc(C)o1. The Morgan fingerprint density at radius 2 is 2.21 bits per heavy atom. The fourth-order valence-electron chi connectivity index (χ4n) is 1.29. The lowest BCUT2D eigenvalue weighted by Gasteiger charge is -2.01. The minimum Gasteiger partial charge on any atom is -0.465 e. The normalized spacial score (nSPS) is 10.7. The second-order valence-corrected chi connectivity index (χ2v) is 4.37. The Bertz CT molecular complexity index is 247. The predicted molar refractivity (Wildman–Crippen MR) is 62.8 cm³/mol. The maximum Gasteiger partial charge on any atom is 0.117 e. The molecule has 1 aromatic rings. The van der Waals surface area contributed by atoms with Crippen molar-refractivity contribution < 1.29 is 4.42 Å². The standard InChI is InChI=1S/C11H19NOS/c1-10-5-6-11(13-10)9-12-7-3-4-8-14-2/h5-6,12H,3-4,7-9H2,1-2H3. The van der Waals surface area contributed by atoms with Gasteiger partial charge in [0, 0.05) is 0 Å². The molecule has 1 heterocycles. The van der Waals surface area contributed by atoms with Crippen LogP contribution < -0.4 is 5.32 Å². The molecule has 14 heavy (non-hydrogen) atoms. The van der Waals surface area contributed by atoms with Crippen LogP contribution in [0.15, 0.2) is 16.5 Å². The molecule has 80 valence electrons. The fraction of sp³-hybridized carbons (Fsp3) is 0.636. The molecule has 1 N–H and O–H groups in total. The highest BCUT2D eigenvalue weighted by Gasteiger charge is 1.96. The van der Waals surface area contributed by atoms with E-state index >= 15 is 0 Å². The second-order valence-electron chi connectivity index (χ2n) is 3.39. The molecule has 0 aliphatic heterocycles. The number of thioether (sulfide) groups is 1. The Hall–Kier alpha value is -0.410. The molecule has 0 atom stereocenters.